The third-order valence-corrected chi connectivity index (χ3v) is 2.80. The van der Waals surface area contributed by atoms with Crippen LogP contribution >= 0.6 is 11.8 Å². The predicted octanol–water partition coefficient (Wildman–Crippen LogP) is 1.63. The van der Waals surface area contributed by atoms with Gasteiger partial charge in [0, 0.05) is 12.4 Å². The predicted molar refractivity (Wildman–Crippen MR) is 57.1 cm³/mol. The molecule has 0 bridgehead atoms. The summed E-state index contributed by atoms with van der Waals surface area (Å²) >= 11 is 1.14. The molecule has 1 heterocycles. The van der Waals surface area contributed by atoms with E-state index in [-0.39, 0.29) is 11.3 Å². The first-order valence-electron chi connectivity index (χ1n) is 4.27. The van der Waals surface area contributed by atoms with Crippen LogP contribution in [0.4, 0.5) is 0 Å². The van der Waals surface area contributed by atoms with Crippen LogP contribution in [0.2, 0.25) is 0 Å². The Morgan fingerprint density at radius 2 is 2.13 bits per heavy atom. The summed E-state index contributed by atoms with van der Waals surface area (Å²) in [5.41, 5.74) is -0.259. The number of phenolic OH excluding ortho intramolecular Hbond substituents is 1. The Hall–Kier alpha value is -1.75. The van der Waals surface area contributed by atoms with Crippen molar-refractivity contribution in [2.45, 2.75) is 9.92 Å². The Morgan fingerprint density at radius 3 is 2.87 bits per heavy atom. The topological polar surface area (TPSA) is 66.0 Å². The molecular weight excluding hydrogens is 212 g/mol. The second-order valence-electron chi connectivity index (χ2n) is 2.79. The van der Waals surface area contributed by atoms with Crippen LogP contribution in [0.3, 0.4) is 0 Å². The van der Waals surface area contributed by atoms with Crippen LogP contribution in [-0.2, 0) is 0 Å². The lowest BCUT2D eigenvalue weighted by atomic mass is 10.3. The van der Waals surface area contributed by atoms with Crippen LogP contribution in [-0.4, -0.2) is 15.1 Å². The summed E-state index contributed by atoms with van der Waals surface area (Å²) in [7, 11) is 0. The molecule has 15 heavy (non-hydrogen) atoms. The average molecular weight is 220 g/mol. The number of aromatic hydroxyl groups is 1. The Bertz CT molecular complexity index is 525. The Balaban J connectivity index is 2.34. The standard InChI is InChI=1S/C10H8N2O2S/c13-7-3-1-2-4-8(7)15-10-9(14)11-5-6-12-10/h1-6,13H,(H,11,14). The van der Waals surface area contributed by atoms with Crippen molar-refractivity contribution in [1.82, 2.24) is 9.97 Å². The highest BCUT2D eigenvalue weighted by Crippen LogP contribution is 2.30. The largest absolute Gasteiger partial charge is 0.507 e. The lowest BCUT2D eigenvalue weighted by Gasteiger charge is -2.01. The maximum Gasteiger partial charge on any atom is 0.280 e. The molecule has 0 atom stereocenters. The smallest absolute Gasteiger partial charge is 0.280 e. The summed E-state index contributed by atoms with van der Waals surface area (Å²) < 4.78 is 0. The lowest BCUT2D eigenvalue weighted by molar-refractivity contribution is 0.462. The van der Waals surface area contributed by atoms with Gasteiger partial charge >= 0.3 is 0 Å². The van der Waals surface area contributed by atoms with Gasteiger partial charge in [-0.1, -0.05) is 23.9 Å². The third kappa shape index (κ3) is 2.19. The molecule has 0 amide bonds. The van der Waals surface area contributed by atoms with Gasteiger partial charge in [0.05, 0.1) is 4.90 Å². The van der Waals surface area contributed by atoms with Gasteiger partial charge in [-0.05, 0) is 12.1 Å². The summed E-state index contributed by atoms with van der Waals surface area (Å²) in [6.07, 6.45) is 2.97. The third-order valence-electron chi connectivity index (χ3n) is 1.75. The molecule has 0 fully saturated rings. The first kappa shape index (κ1) is 9.79. The number of hydrogen-bond donors (Lipinski definition) is 2. The van der Waals surface area contributed by atoms with Gasteiger partial charge in [0.15, 0.2) is 5.03 Å². The number of phenols is 1. The molecule has 5 heteroatoms. The molecule has 76 valence electrons. The second-order valence-corrected chi connectivity index (χ2v) is 3.82. The summed E-state index contributed by atoms with van der Waals surface area (Å²) in [5, 5.41) is 9.82. The van der Waals surface area contributed by atoms with Crippen molar-refractivity contribution >= 4 is 11.8 Å². The molecule has 4 nitrogen and oxygen atoms in total. The number of para-hydroxylation sites is 1. The number of benzene rings is 1. The minimum Gasteiger partial charge on any atom is -0.507 e. The van der Waals surface area contributed by atoms with E-state index in [0.717, 1.165) is 11.8 Å². The normalized spacial score (nSPS) is 10.1. The Morgan fingerprint density at radius 1 is 1.33 bits per heavy atom. The van der Waals surface area contributed by atoms with Crippen LogP contribution in [0.15, 0.2) is 51.4 Å². The molecular formula is C10H8N2O2S. The highest BCUT2D eigenvalue weighted by atomic mass is 32.2. The number of nitrogens with one attached hydrogen (secondary N) is 1. The van der Waals surface area contributed by atoms with Gasteiger partial charge in [0.1, 0.15) is 5.75 Å². The highest BCUT2D eigenvalue weighted by molar-refractivity contribution is 7.99. The number of nitrogens with zero attached hydrogens (tertiary/aromatic N) is 1. The van der Waals surface area contributed by atoms with Gasteiger partial charge in [-0.3, -0.25) is 4.79 Å². The summed E-state index contributed by atoms with van der Waals surface area (Å²) in [4.78, 5) is 18.4. The van der Waals surface area contributed by atoms with Gasteiger partial charge in [-0.15, -0.1) is 0 Å². The van der Waals surface area contributed by atoms with Crippen LogP contribution in [0.5, 0.6) is 5.75 Å². The second kappa shape index (κ2) is 4.18. The highest BCUT2D eigenvalue weighted by Gasteiger charge is 2.06. The molecule has 0 aliphatic rings. The zero-order valence-electron chi connectivity index (χ0n) is 7.68. The maximum absolute atomic E-state index is 11.3. The van der Waals surface area contributed by atoms with E-state index in [1.165, 1.54) is 12.4 Å². The molecule has 1 aromatic carbocycles. The Kier molecular flexibility index (Phi) is 2.73. The molecule has 2 aromatic rings. The summed E-state index contributed by atoms with van der Waals surface area (Å²) in [6.45, 7) is 0. The van der Waals surface area contributed by atoms with Crippen molar-refractivity contribution in [3.63, 3.8) is 0 Å². The van der Waals surface area contributed by atoms with E-state index in [1.54, 1.807) is 24.3 Å². The number of rotatable bonds is 2. The fourth-order valence-electron chi connectivity index (χ4n) is 1.06. The number of aromatic nitrogens is 2. The summed E-state index contributed by atoms with van der Waals surface area (Å²) in [5.74, 6) is 0.146. The number of hydrogen-bond acceptors (Lipinski definition) is 4. The van der Waals surface area contributed by atoms with Crippen molar-refractivity contribution in [2.24, 2.45) is 0 Å². The van der Waals surface area contributed by atoms with Crippen molar-refractivity contribution in [2.75, 3.05) is 0 Å². The van der Waals surface area contributed by atoms with E-state index in [0.29, 0.717) is 9.92 Å². The lowest BCUT2D eigenvalue weighted by Crippen LogP contribution is -2.08. The first-order chi connectivity index (χ1) is 7.27. The molecule has 2 rings (SSSR count). The fraction of sp³-hybridized carbons (Fsp3) is 0. The zero-order chi connectivity index (χ0) is 10.7. The average Bonchev–Trinajstić information content (AvgIpc) is 2.24. The van der Waals surface area contributed by atoms with Gasteiger partial charge in [0.25, 0.3) is 5.56 Å². The van der Waals surface area contributed by atoms with Crippen molar-refractivity contribution in [1.29, 1.82) is 0 Å². The molecule has 0 aliphatic heterocycles. The minimum atomic E-state index is -0.259. The fourth-order valence-corrected chi connectivity index (χ4v) is 1.85. The Labute approximate surface area is 90.0 Å². The quantitative estimate of drug-likeness (QED) is 0.807. The van der Waals surface area contributed by atoms with Crippen LogP contribution in [0, 0.1) is 0 Å². The van der Waals surface area contributed by atoms with Crippen molar-refractivity contribution < 1.29 is 5.11 Å². The van der Waals surface area contributed by atoms with Crippen LogP contribution in [0.25, 0.3) is 0 Å². The van der Waals surface area contributed by atoms with Crippen LogP contribution in [0.1, 0.15) is 0 Å². The number of aromatic amines is 1. The molecule has 0 aliphatic carbocycles. The van der Waals surface area contributed by atoms with E-state index in [1.807, 2.05) is 0 Å². The van der Waals surface area contributed by atoms with Gasteiger partial charge in [-0.25, -0.2) is 4.98 Å². The van der Waals surface area contributed by atoms with Crippen molar-refractivity contribution in [3.05, 3.63) is 47.0 Å². The van der Waals surface area contributed by atoms with Crippen molar-refractivity contribution in [3.8, 4) is 5.75 Å². The van der Waals surface area contributed by atoms with Gasteiger partial charge in [-0.2, -0.15) is 0 Å². The SMILES string of the molecule is O=c1[nH]ccnc1Sc1ccccc1O. The zero-order valence-corrected chi connectivity index (χ0v) is 8.49. The van der Waals surface area contributed by atoms with E-state index in [2.05, 4.69) is 9.97 Å². The van der Waals surface area contributed by atoms with E-state index in [4.69, 9.17) is 0 Å². The first-order valence-corrected chi connectivity index (χ1v) is 5.08. The van der Waals surface area contributed by atoms with Gasteiger partial charge in [0.2, 0.25) is 0 Å². The molecule has 0 saturated heterocycles. The molecule has 0 radical (unpaired) electrons. The molecule has 2 N–H and O–H groups in total. The van der Waals surface area contributed by atoms with Crippen LogP contribution < -0.4 is 5.56 Å². The van der Waals surface area contributed by atoms with E-state index >= 15 is 0 Å². The maximum atomic E-state index is 11.3. The molecule has 0 spiro atoms. The monoisotopic (exact) mass is 220 g/mol. The molecule has 1 aromatic heterocycles. The molecule has 0 unspecified atom stereocenters. The molecule has 0 saturated carbocycles. The van der Waals surface area contributed by atoms with E-state index < -0.39 is 0 Å². The van der Waals surface area contributed by atoms with E-state index in [9.17, 15) is 9.90 Å². The number of H-pyrrole nitrogens is 1. The summed E-state index contributed by atoms with van der Waals surface area (Å²) in [6, 6.07) is 6.81. The minimum absolute atomic E-state index is 0.146. The van der Waals surface area contributed by atoms with Gasteiger partial charge < -0.3 is 10.1 Å².